The van der Waals surface area contributed by atoms with E-state index in [0.29, 0.717) is 6.42 Å². The molecule has 2 heteroatoms. The lowest BCUT2D eigenvalue weighted by Crippen LogP contribution is -2.58. The van der Waals surface area contributed by atoms with E-state index >= 15 is 0 Å². The Morgan fingerprint density at radius 1 is 0.679 bits per heavy atom. The molecule has 1 aliphatic rings. The minimum atomic E-state index is -0.812. The van der Waals surface area contributed by atoms with Gasteiger partial charge in [-0.15, -0.1) is 0 Å². The molecule has 0 aliphatic carbocycles. The molecular weight excluding hydrogens is 342 g/mol. The van der Waals surface area contributed by atoms with Crippen molar-refractivity contribution >= 4 is 0 Å². The molecule has 0 radical (unpaired) electrons. The fourth-order valence-electron chi connectivity index (χ4n) is 4.81. The van der Waals surface area contributed by atoms with Crippen LogP contribution >= 0.6 is 0 Å². The third kappa shape index (κ3) is 3.50. The molecule has 2 nitrogen and oxygen atoms in total. The van der Waals surface area contributed by atoms with Gasteiger partial charge in [-0.25, -0.2) is 0 Å². The monoisotopic (exact) mass is 371 g/mol. The smallest absolute Gasteiger partial charge is 0.0774 e. The highest BCUT2D eigenvalue weighted by Gasteiger charge is 2.51. The summed E-state index contributed by atoms with van der Waals surface area (Å²) in [5, 5.41) is 16.0. The zero-order chi connectivity index (χ0) is 19.6. The maximum Gasteiger partial charge on any atom is 0.0774 e. The van der Waals surface area contributed by atoms with E-state index < -0.39 is 5.60 Å². The van der Waals surface area contributed by atoms with E-state index in [1.54, 1.807) is 0 Å². The Hall–Kier alpha value is -2.42. The van der Waals surface area contributed by atoms with Crippen LogP contribution in [0.2, 0.25) is 0 Å². The van der Waals surface area contributed by atoms with Crippen LogP contribution in [0.1, 0.15) is 42.6 Å². The number of hydrogen-bond acceptors (Lipinski definition) is 2. The molecule has 1 fully saturated rings. The summed E-state index contributed by atoms with van der Waals surface area (Å²) in [6, 6.07) is 31.6. The molecule has 4 unspecified atom stereocenters. The summed E-state index contributed by atoms with van der Waals surface area (Å²) in [4.78, 5) is 0. The molecule has 28 heavy (non-hydrogen) atoms. The van der Waals surface area contributed by atoms with Gasteiger partial charge in [-0.3, -0.25) is 0 Å². The van der Waals surface area contributed by atoms with Crippen molar-refractivity contribution in [3.63, 3.8) is 0 Å². The van der Waals surface area contributed by atoms with E-state index in [0.717, 1.165) is 0 Å². The van der Waals surface area contributed by atoms with Crippen LogP contribution in [0.5, 0.6) is 0 Å². The Morgan fingerprint density at radius 2 is 1.07 bits per heavy atom. The number of rotatable bonds is 4. The van der Waals surface area contributed by atoms with Gasteiger partial charge in [-0.2, -0.15) is 0 Å². The highest BCUT2D eigenvalue weighted by molar-refractivity contribution is 5.29. The standard InChI is InChI=1S/C26H29NO/c1-19-24(22-14-8-4-9-15-22)27-25(23-16-10-5-11-17-23)20(2)26(19,28)18-21-12-6-3-7-13-21/h3-17,19-20,24-25,27-28H,18H2,1-2H3. The molecule has 1 heterocycles. The normalized spacial score (nSPS) is 30.1. The number of benzene rings is 3. The number of nitrogens with one attached hydrogen (secondary N) is 1. The van der Waals surface area contributed by atoms with Crippen LogP contribution in [0.4, 0.5) is 0 Å². The summed E-state index contributed by atoms with van der Waals surface area (Å²) < 4.78 is 0. The van der Waals surface area contributed by atoms with E-state index in [1.165, 1.54) is 16.7 Å². The number of hydrogen-bond donors (Lipinski definition) is 2. The fraction of sp³-hybridized carbons (Fsp3) is 0.308. The largest absolute Gasteiger partial charge is 0.389 e. The lowest BCUT2D eigenvalue weighted by atomic mass is 9.64. The van der Waals surface area contributed by atoms with E-state index in [1.807, 2.05) is 18.2 Å². The van der Waals surface area contributed by atoms with Crippen molar-refractivity contribution in [3.05, 3.63) is 108 Å². The molecule has 1 aliphatic heterocycles. The quantitative estimate of drug-likeness (QED) is 0.651. The van der Waals surface area contributed by atoms with Crippen molar-refractivity contribution < 1.29 is 5.11 Å². The van der Waals surface area contributed by atoms with Crippen LogP contribution in [-0.4, -0.2) is 10.7 Å². The minimum absolute atomic E-state index is 0.0741. The second kappa shape index (κ2) is 7.90. The molecular formula is C26H29NO. The lowest BCUT2D eigenvalue weighted by Gasteiger charge is -2.52. The Kier molecular flexibility index (Phi) is 5.34. The first kappa shape index (κ1) is 18.9. The van der Waals surface area contributed by atoms with Crippen molar-refractivity contribution in [1.29, 1.82) is 0 Å². The van der Waals surface area contributed by atoms with Gasteiger partial charge in [0.1, 0.15) is 0 Å². The van der Waals surface area contributed by atoms with E-state index in [9.17, 15) is 5.11 Å². The molecule has 4 atom stereocenters. The maximum absolute atomic E-state index is 12.1. The van der Waals surface area contributed by atoms with Gasteiger partial charge in [-0.1, -0.05) is 105 Å². The molecule has 3 aromatic rings. The van der Waals surface area contributed by atoms with Gasteiger partial charge in [-0.05, 0) is 16.7 Å². The second-order valence-electron chi connectivity index (χ2n) is 8.17. The summed E-state index contributed by atoms with van der Waals surface area (Å²) in [6.45, 7) is 4.37. The Bertz CT molecular complexity index is 827. The third-order valence-electron chi connectivity index (χ3n) is 6.58. The molecule has 3 aromatic carbocycles. The van der Waals surface area contributed by atoms with Gasteiger partial charge in [0, 0.05) is 30.3 Å². The van der Waals surface area contributed by atoms with Gasteiger partial charge in [0.2, 0.25) is 0 Å². The summed E-state index contributed by atoms with van der Waals surface area (Å²) in [7, 11) is 0. The van der Waals surface area contributed by atoms with Crippen LogP contribution in [-0.2, 0) is 6.42 Å². The first-order valence-electron chi connectivity index (χ1n) is 10.2. The summed E-state index contributed by atoms with van der Waals surface area (Å²) >= 11 is 0. The van der Waals surface area contributed by atoms with Crippen molar-refractivity contribution in [1.82, 2.24) is 5.32 Å². The Morgan fingerprint density at radius 3 is 1.50 bits per heavy atom. The second-order valence-corrected chi connectivity index (χ2v) is 8.17. The maximum atomic E-state index is 12.1. The highest BCUT2D eigenvalue weighted by Crippen LogP contribution is 2.48. The van der Waals surface area contributed by atoms with Crippen LogP contribution in [0.3, 0.4) is 0 Å². The average molecular weight is 372 g/mol. The Balaban J connectivity index is 1.76. The summed E-state index contributed by atoms with van der Waals surface area (Å²) in [5.74, 6) is 0.148. The zero-order valence-corrected chi connectivity index (χ0v) is 16.6. The van der Waals surface area contributed by atoms with E-state index in [4.69, 9.17) is 0 Å². The van der Waals surface area contributed by atoms with Gasteiger partial charge < -0.3 is 10.4 Å². The first-order chi connectivity index (χ1) is 13.6. The first-order valence-corrected chi connectivity index (χ1v) is 10.2. The van der Waals surface area contributed by atoms with Gasteiger partial charge in [0.15, 0.2) is 0 Å². The fourth-order valence-corrected chi connectivity index (χ4v) is 4.81. The highest BCUT2D eigenvalue weighted by atomic mass is 16.3. The van der Waals surface area contributed by atoms with Gasteiger partial charge in [0.05, 0.1) is 5.60 Å². The van der Waals surface area contributed by atoms with Crippen LogP contribution < -0.4 is 5.32 Å². The third-order valence-corrected chi connectivity index (χ3v) is 6.58. The zero-order valence-electron chi connectivity index (χ0n) is 16.6. The van der Waals surface area contributed by atoms with Crippen LogP contribution in [0, 0.1) is 11.8 Å². The molecule has 0 saturated carbocycles. The molecule has 0 amide bonds. The minimum Gasteiger partial charge on any atom is -0.389 e. The molecule has 144 valence electrons. The van der Waals surface area contributed by atoms with E-state index in [2.05, 4.69) is 92.0 Å². The lowest BCUT2D eigenvalue weighted by molar-refractivity contribution is -0.110. The molecule has 2 N–H and O–H groups in total. The summed E-state index contributed by atoms with van der Waals surface area (Å²) in [6.07, 6.45) is 0.657. The topological polar surface area (TPSA) is 32.3 Å². The molecule has 1 saturated heterocycles. The predicted molar refractivity (Wildman–Crippen MR) is 115 cm³/mol. The van der Waals surface area contributed by atoms with Crippen LogP contribution in [0.15, 0.2) is 91.0 Å². The number of piperidine rings is 1. The van der Waals surface area contributed by atoms with Crippen molar-refractivity contribution in [2.75, 3.05) is 0 Å². The Labute approximate surface area is 168 Å². The van der Waals surface area contributed by atoms with Crippen molar-refractivity contribution in [2.45, 2.75) is 38.0 Å². The predicted octanol–water partition coefficient (Wildman–Crippen LogP) is 5.32. The van der Waals surface area contributed by atoms with E-state index in [-0.39, 0.29) is 23.9 Å². The molecule has 0 aromatic heterocycles. The molecule has 0 spiro atoms. The number of aliphatic hydroxyl groups is 1. The van der Waals surface area contributed by atoms with Gasteiger partial charge in [0.25, 0.3) is 0 Å². The molecule has 4 rings (SSSR count). The average Bonchev–Trinajstić information content (AvgIpc) is 2.75. The van der Waals surface area contributed by atoms with Crippen LogP contribution in [0.25, 0.3) is 0 Å². The molecule has 0 bridgehead atoms. The summed E-state index contributed by atoms with van der Waals surface area (Å²) in [5.41, 5.74) is 2.83. The van der Waals surface area contributed by atoms with Gasteiger partial charge >= 0.3 is 0 Å². The SMILES string of the molecule is CC1C(c2ccccc2)NC(c2ccccc2)C(C)C1(O)Cc1ccccc1. The van der Waals surface area contributed by atoms with Crippen molar-refractivity contribution in [2.24, 2.45) is 11.8 Å². The van der Waals surface area contributed by atoms with Crippen molar-refractivity contribution in [3.8, 4) is 0 Å².